The van der Waals surface area contributed by atoms with E-state index in [4.69, 9.17) is 0 Å². The summed E-state index contributed by atoms with van der Waals surface area (Å²) in [6, 6.07) is 6.03. The minimum absolute atomic E-state index is 0.319. The summed E-state index contributed by atoms with van der Waals surface area (Å²) in [5.41, 5.74) is 1.90. The van der Waals surface area contributed by atoms with E-state index in [9.17, 15) is 22.0 Å². The van der Waals surface area contributed by atoms with Crippen LogP contribution in [0.2, 0.25) is 0 Å². The van der Waals surface area contributed by atoms with Gasteiger partial charge in [0.15, 0.2) is 0 Å². The fourth-order valence-electron chi connectivity index (χ4n) is 2.88. The van der Waals surface area contributed by atoms with Crippen LogP contribution in [0.25, 0.3) is 5.57 Å². The Morgan fingerprint density at radius 1 is 1.00 bits per heavy atom. The predicted octanol–water partition coefficient (Wildman–Crippen LogP) is 4.13. The molecule has 0 amide bonds. The van der Waals surface area contributed by atoms with Gasteiger partial charge in [0.2, 0.25) is 0 Å². The van der Waals surface area contributed by atoms with Crippen LogP contribution in [0.3, 0.4) is 0 Å². The van der Waals surface area contributed by atoms with Gasteiger partial charge in [0, 0.05) is 12.1 Å². The fourth-order valence-corrected chi connectivity index (χ4v) is 2.88. The Labute approximate surface area is 124 Å². The summed E-state index contributed by atoms with van der Waals surface area (Å²) in [4.78, 5) is 0. The summed E-state index contributed by atoms with van der Waals surface area (Å²) in [6.07, 6.45) is -5.86. The van der Waals surface area contributed by atoms with Crippen molar-refractivity contribution in [2.75, 3.05) is 0 Å². The Balaban J connectivity index is 1.74. The molecule has 0 spiro atoms. The van der Waals surface area contributed by atoms with E-state index < -0.39 is 18.0 Å². The summed E-state index contributed by atoms with van der Waals surface area (Å²) < 4.78 is 65.7. The van der Waals surface area contributed by atoms with Gasteiger partial charge < -0.3 is 10.1 Å². The average Bonchev–Trinajstić information content (AvgIpc) is 2.76. The van der Waals surface area contributed by atoms with Crippen molar-refractivity contribution < 1.29 is 26.7 Å². The summed E-state index contributed by atoms with van der Waals surface area (Å²) in [5, 5.41) is 3.42. The molecule has 2 unspecified atom stereocenters. The Hall–Kier alpha value is -1.63. The van der Waals surface area contributed by atoms with Crippen molar-refractivity contribution in [1.82, 2.24) is 5.32 Å². The molecule has 2 atom stereocenters. The number of hydrogen-bond acceptors (Lipinski definition) is 2. The number of halogens is 5. The Morgan fingerprint density at radius 2 is 1.68 bits per heavy atom. The SMILES string of the molecule is FC(F)(F)C(F)(F)Oc1ccc(C2=CC3CCC(C2)N3)cc1. The van der Waals surface area contributed by atoms with Crippen LogP contribution in [0.5, 0.6) is 5.75 Å². The molecule has 1 aromatic carbocycles. The second-order valence-corrected chi connectivity index (χ2v) is 5.58. The first-order chi connectivity index (χ1) is 10.2. The summed E-state index contributed by atoms with van der Waals surface area (Å²) >= 11 is 0. The largest absolute Gasteiger partial charge is 0.499 e. The van der Waals surface area contributed by atoms with Crippen molar-refractivity contribution in [2.45, 2.75) is 43.6 Å². The maximum atomic E-state index is 12.8. The van der Waals surface area contributed by atoms with E-state index in [0.717, 1.165) is 42.5 Å². The lowest BCUT2D eigenvalue weighted by Gasteiger charge is -2.22. The molecular formula is C15H14F5NO. The van der Waals surface area contributed by atoms with E-state index in [2.05, 4.69) is 16.1 Å². The monoisotopic (exact) mass is 319 g/mol. The highest BCUT2D eigenvalue weighted by molar-refractivity contribution is 5.68. The van der Waals surface area contributed by atoms with Crippen molar-refractivity contribution in [3.63, 3.8) is 0 Å². The first-order valence-electron chi connectivity index (χ1n) is 6.95. The number of fused-ring (bicyclic) bond motifs is 2. The molecule has 2 heterocycles. The van der Waals surface area contributed by atoms with E-state index in [1.165, 1.54) is 12.1 Å². The van der Waals surface area contributed by atoms with Crippen molar-refractivity contribution in [1.29, 1.82) is 0 Å². The van der Waals surface area contributed by atoms with Crippen LogP contribution in [-0.2, 0) is 0 Å². The molecule has 2 bridgehead atoms. The van der Waals surface area contributed by atoms with E-state index in [1.54, 1.807) is 0 Å². The number of rotatable bonds is 3. The molecule has 3 rings (SSSR count). The molecule has 0 aliphatic carbocycles. The third-order valence-corrected chi connectivity index (χ3v) is 3.95. The lowest BCUT2D eigenvalue weighted by molar-refractivity contribution is -0.360. The molecule has 1 saturated heterocycles. The second-order valence-electron chi connectivity index (χ2n) is 5.58. The van der Waals surface area contributed by atoms with E-state index in [0.29, 0.717) is 12.1 Å². The third-order valence-electron chi connectivity index (χ3n) is 3.95. The molecule has 1 aromatic rings. The van der Waals surface area contributed by atoms with Gasteiger partial charge in [0.05, 0.1) is 0 Å². The molecule has 2 nitrogen and oxygen atoms in total. The van der Waals surface area contributed by atoms with Gasteiger partial charge in [-0.1, -0.05) is 18.2 Å². The molecular weight excluding hydrogens is 305 g/mol. The maximum absolute atomic E-state index is 12.8. The smallest absolute Gasteiger partial charge is 0.426 e. The highest BCUT2D eigenvalue weighted by Gasteiger charge is 2.61. The van der Waals surface area contributed by atoms with Crippen molar-refractivity contribution in [3.8, 4) is 5.75 Å². The molecule has 1 N–H and O–H groups in total. The Bertz CT molecular complexity index is 579. The Kier molecular flexibility index (Phi) is 3.63. The number of ether oxygens (including phenoxy) is 1. The van der Waals surface area contributed by atoms with Crippen molar-refractivity contribution in [2.24, 2.45) is 0 Å². The van der Waals surface area contributed by atoms with Crippen LogP contribution >= 0.6 is 0 Å². The summed E-state index contributed by atoms with van der Waals surface area (Å²) in [5.74, 6) is -0.511. The highest BCUT2D eigenvalue weighted by Crippen LogP contribution is 2.38. The van der Waals surface area contributed by atoms with Crippen LogP contribution in [0, 0.1) is 0 Å². The molecule has 0 saturated carbocycles. The number of hydrogen-bond donors (Lipinski definition) is 1. The van der Waals surface area contributed by atoms with E-state index >= 15 is 0 Å². The van der Waals surface area contributed by atoms with Gasteiger partial charge in [-0.2, -0.15) is 22.0 Å². The second kappa shape index (κ2) is 5.22. The minimum atomic E-state index is -5.73. The van der Waals surface area contributed by atoms with Crippen LogP contribution in [0.1, 0.15) is 24.8 Å². The van der Waals surface area contributed by atoms with Crippen LogP contribution in [0.15, 0.2) is 30.3 Å². The molecule has 0 aromatic heterocycles. The van der Waals surface area contributed by atoms with Crippen molar-refractivity contribution >= 4 is 5.57 Å². The molecule has 1 fully saturated rings. The lowest BCUT2D eigenvalue weighted by atomic mass is 9.96. The third kappa shape index (κ3) is 2.95. The van der Waals surface area contributed by atoms with Gasteiger partial charge in [-0.25, -0.2) is 0 Å². The summed E-state index contributed by atoms with van der Waals surface area (Å²) in [7, 11) is 0. The zero-order chi connectivity index (χ0) is 16.0. The van der Waals surface area contributed by atoms with Crippen LogP contribution in [-0.4, -0.2) is 24.4 Å². The standard InChI is InChI=1S/C15H14F5NO/c16-14(17,18)15(19,20)22-13-5-1-9(2-6-13)10-7-11-3-4-12(8-10)21-11/h1-2,5-7,11-12,21H,3-4,8H2. The first kappa shape index (κ1) is 15.3. The zero-order valence-electron chi connectivity index (χ0n) is 11.5. The van der Waals surface area contributed by atoms with Gasteiger partial charge >= 0.3 is 12.3 Å². The maximum Gasteiger partial charge on any atom is 0.499 e. The average molecular weight is 319 g/mol. The van der Waals surface area contributed by atoms with Gasteiger partial charge in [0.25, 0.3) is 0 Å². The van der Waals surface area contributed by atoms with Gasteiger partial charge in [0.1, 0.15) is 5.75 Å². The normalized spacial score (nSPS) is 25.0. The predicted molar refractivity (Wildman–Crippen MR) is 70.6 cm³/mol. The molecule has 2 aliphatic heterocycles. The number of nitrogens with one attached hydrogen (secondary N) is 1. The molecule has 22 heavy (non-hydrogen) atoms. The molecule has 0 radical (unpaired) electrons. The van der Waals surface area contributed by atoms with E-state index in [-0.39, 0.29) is 0 Å². The van der Waals surface area contributed by atoms with Crippen LogP contribution in [0.4, 0.5) is 22.0 Å². The summed E-state index contributed by atoms with van der Waals surface area (Å²) in [6.45, 7) is 0. The van der Waals surface area contributed by atoms with E-state index in [1.807, 2.05) is 0 Å². The van der Waals surface area contributed by atoms with Gasteiger partial charge in [-0.05, 0) is 42.5 Å². The quantitative estimate of drug-likeness (QED) is 0.846. The highest BCUT2D eigenvalue weighted by atomic mass is 19.4. The topological polar surface area (TPSA) is 21.3 Å². The van der Waals surface area contributed by atoms with Crippen LogP contribution < -0.4 is 10.1 Å². The van der Waals surface area contributed by atoms with Crippen molar-refractivity contribution in [3.05, 3.63) is 35.9 Å². The molecule has 120 valence electrons. The lowest BCUT2D eigenvalue weighted by Crippen LogP contribution is -2.41. The number of benzene rings is 1. The fraction of sp³-hybridized carbons (Fsp3) is 0.467. The zero-order valence-corrected chi connectivity index (χ0v) is 11.5. The first-order valence-corrected chi connectivity index (χ1v) is 6.95. The molecule has 2 aliphatic rings. The number of alkyl halides is 5. The Morgan fingerprint density at radius 3 is 2.27 bits per heavy atom. The molecule has 7 heteroatoms. The minimum Gasteiger partial charge on any atom is -0.426 e. The van der Waals surface area contributed by atoms with Gasteiger partial charge in [-0.3, -0.25) is 0 Å². The van der Waals surface area contributed by atoms with Gasteiger partial charge in [-0.15, -0.1) is 0 Å².